The van der Waals surface area contributed by atoms with Crippen LogP contribution in [0.5, 0.6) is 0 Å². The fourth-order valence-corrected chi connectivity index (χ4v) is 3.02. The molecule has 0 heterocycles. The third-order valence-corrected chi connectivity index (χ3v) is 4.76. The molecule has 0 saturated heterocycles. The Kier molecular flexibility index (Phi) is 9.36. The molecule has 0 aliphatic rings. The average molecular weight is 327 g/mol. The van der Waals surface area contributed by atoms with E-state index in [0.717, 1.165) is 31.4 Å². The van der Waals surface area contributed by atoms with E-state index in [2.05, 4.69) is 0 Å². The van der Waals surface area contributed by atoms with Crippen LogP contribution in [0, 0.1) is 0 Å². The van der Waals surface area contributed by atoms with Crippen LogP contribution < -0.4 is 5.73 Å². The van der Waals surface area contributed by atoms with Crippen molar-refractivity contribution in [2.75, 3.05) is 6.54 Å². The Bertz CT molecular complexity index is 497. The van der Waals surface area contributed by atoms with Crippen molar-refractivity contribution in [1.29, 1.82) is 0 Å². The molecule has 1 rings (SSSR count). The first-order valence-corrected chi connectivity index (χ1v) is 9.74. The minimum Gasteiger partial charge on any atom is -0.330 e. The van der Waals surface area contributed by atoms with Crippen molar-refractivity contribution in [2.24, 2.45) is 5.73 Å². The van der Waals surface area contributed by atoms with E-state index in [9.17, 15) is 8.42 Å². The van der Waals surface area contributed by atoms with Crippen LogP contribution in [0.15, 0.2) is 29.2 Å². The predicted octanol–water partition coefficient (Wildman–Crippen LogP) is 3.95. The second-order valence-electron chi connectivity index (χ2n) is 5.84. The molecular weight excluding hydrogens is 298 g/mol. The maximum absolute atomic E-state index is 10.9. The first kappa shape index (κ1) is 19.1. The Morgan fingerprint density at radius 1 is 0.773 bits per heavy atom. The van der Waals surface area contributed by atoms with Gasteiger partial charge in [0, 0.05) is 0 Å². The van der Waals surface area contributed by atoms with E-state index in [4.69, 9.17) is 10.3 Å². The molecule has 3 N–H and O–H groups in total. The van der Waals surface area contributed by atoms with Crippen molar-refractivity contribution in [3.63, 3.8) is 0 Å². The van der Waals surface area contributed by atoms with Gasteiger partial charge in [-0.1, -0.05) is 57.1 Å². The molecule has 0 unspecified atom stereocenters. The Hall–Kier alpha value is -0.910. The number of aryl methyl sites for hydroxylation is 1. The van der Waals surface area contributed by atoms with Crippen LogP contribution in [0.3, 0.4) is 0 Å². The summed E-state index contributed by atoms with van der Waals surface area (Å²) >= 11 is 0. The fourth-order valence-electron chi connectivity index (χ4n) is 2.54. The van der Waals surface area contributed by atoms with Gasteiger partial charge < -0.3 is 5.73 Å². The smallest absolute Gasteiger partial charge is 0.294 e. The minimum absolute atomic E-state index is 0.0362. The summed E-state index contributed by atoms with van der Waals surface area (Å²) in [5.74, 6) is 0. The summed E-state index contributed by atoms with van der Waals surface area (Å²) in [7, 11) is -4.07. The minimum atomic E-state index is -4.07. The van der Waals surface area contributed by atoms with Crippen LogP contribution in [-0.2, 0) is 16.5 Å². The molecule has 0 amide bonds. The molecule has 0 radical (unpaired) electrons. The lowest BCUT2D eigenvalue weighted by Crippen LogP contribution is -1.98. The Morgan fingerprint density at radius 3 is 1.68 bits per heavy atom. The van der Waals surface area contributed by atoms with Crippen molar-refractivity contribution >= 4 is 10.1 Å². The van der Waals surface area contributed by atoms with E-state index < -0.39 is 10.1 Å². The Balaban J connectivity index is 2.05. The normalized spacial score (nSPS) is 11.7. The first-order valence-electron chi connectivity index (χ1n) is 8.30. The van der Waals surface area contributed by atoms with Crippen LogP contribution in [-0.4, -0.2) is 19.5 Å². The fraction of sp³-hybridized carbons (Fsp3) is 0.647. The lowest BCUT2D eigenvalue weighted by Gasteiger charge is -2.04. The predicted molar refractivity (Wildman–Crippen MR) is 90.6 cm³/mol. The van der Waals surface area contributed by atoms with E-state index in [0.29, 0.717) is 0 Å². The van der Waals surface area contributed by atoms with E-state index in [1.807, 2.05) is 0 Å². The van der Waals surface area contributed by atoms with E-state index in [1.54, 1.807) is 12.1 Å². The highest BCUT2D eigenvalue weighted by molar-refractivity contribution is 7.85. The van der Waals surface area contributed by atoms with Gasteiger partial charge in [-0.15, -0.1) is 0 Å². The van der Waals surface area contributed by atoms with Crippen LogP contribution in [0.25, 0.3) is 0 Å². The molecule has 0 atom stereocenters. The summed E-state index contributed by atoms with van der Waals surface area (Å²) in [5, 5.41) is 0. The van der Waals surface area contributed by atoms with Gasteiger partial charge in [0.15, 0.2) is 0 Å². The summed E-state index contributed by atoms with van der Waals surface area (Å²) < 4.78 is 30.8. The van der Waals surface area contributed by atoms with Gasteiger partial charge in [-0.2, -0.15) is 8.42 Å². The lowest BCUT2D eigenvalue weighted by molar-refractivity contribution is 0.483. The second-order valence-corrected chi connectivity index (χ2v) is 7.26. The molecular formula is C17H29NO3S. The van der Waals surface area contributed by atoms with Gasteiger partial charge in [0.05, 0.1) is 4.90 Å². The van der Waals surface area contributed by atoms with Gasteiger partial charge in [0.1, 0.15) is 0 Å². The summed E-state index contributed by atoms with van der Waals surface area (Å²) in [6, 6.07) is 6.49. The molecule has 22 heavy (non-hydrogen) atoms. The van der Waals surface area contributed by atoms with E-state index in [-0.39, 0.29) is 4.90 Å². The molecule has 1 aromatic carbocycles. The molecule has 126 valence electrons. The molecule has 1 aromatic rings. The van der Waals surface area contributed by atoms with Crippen LogP contribution in [0.2, 0.25) is 0 Å². The lowest BCUT2D eigenvalue weighted by atomic mass is 10.0. The molecule has 0 aliphatic carbocycles. The maximum Gasteiger partial charge on any atom is 0.294 e. The molecule has 0 saturated carbocycles. The summed E-state index contributed by atoms with van der Waals surface area (Å²) in [5.41, 5.74) is 6.58. The van der Waals surface area contributed by atoms with Crippen LogP contribution in [0.4, 0.5) is 0 Å². The Morgan fingerprint density at radius 2 is 1.23 bits per heavy atom. The Labute approximate surface area is 134 Å². The standard InChI is InChI=1S/C17H29NO3S/c18-15-9-7-5-3-1-2-4-6-8-10-16-11-13-17(14-12-16)22(19,20)21/h11-14H,1-10,15,18H2,(H,19,20,21). The van der Waals surface area contributed by atoms with Crippen molar-refractivity contribution in [2.45, 2.75) is 69.1 Å². The topological polar surface area (TPSA) is 80.4 Å². The number of benzene rings is 1. The number of nitrogens with two attached hydrogens (primary N) is 1. The number of hydrogen-bond acceptors (Lipinski definition) is 3. The average Bonchev–Trinajstić information content (AvgIpc) is 2.49. The van der Waals surface area contributed by atoms with Gasteiger partial charge in [-0.05, 0) is 43.5 Å². The molecule has 0 aliphatic heterocycles. The number of hydrogen-bond donors (Lipinski definition) is 2. The van der Waals surface area contributed by atoms with Gasteiger partial charge in [0.2, 0.25) is 0 Å². The zero-order chi connectivity index (χ0) is 16.3. The van der Waals surface area contributed by atoms with Crippen LogP contribution >= 0.6 is 0 Å². The molecule has 4 nitrogen and oxygen atoms in total. The number of unbranched alkanes of at least 4 members (excludes halogenated alkanes) is 8. The molecule has 0 aromatic heterocycles. The zero-order valence-electron chi connectivity index (χ0n) is 13.3. The molecule has 5 heteroatoms. The van der Waals surface area contributed by atoms with Crippen molar-refractivity contribution in [3.8, 4) is 0 Å². The monoisotopic (exact) mass is 327 g/mol. The van der Waals surface area contributed by atoms with Crippen molar-refractivity contribution in [1.82, 2.24) is 0 Å². The third-order valence-electron chi connectivity index (χ3n) is 3.89. The number of rotatable bonds is 12. The van der Waals surface area contributed by atoms with Gasteiger partial charge in [-0.3, -0.25) is 4.55 Å². The first-order chi connectivity index (χ1) is 10.5. The summed E-state index contributed by atoms with van der Waals surface area (Å²) in [6.45, 7) is 0.811. The molecule has 0 fully saturated rings. The van der Waals surface area contributed by atoms with Gasteiger partial charge in [-0.25, -0.2) is 0 Å². The van der Waals surface area contributed by atoms with Crippen molar-refractivity contribution in [3.05, 3.63) is 29.8 Å². The molecule has 0 spiro atoms. The van der Waals surface area contributed by atoms with E-state index >= 15 is 0 Å². The third kappa shape index (κ3) is 8.51. The second kappa shape index (κ2) is 10.8. The highest BCUT2D eigenvalue weighted by Gasteiger charge is 2.08. The summed E-state index contributed by atoms with van der Waals surface area (Å²) in [6.07, 6.45) is 12.2. The van der Waals surface area contributed by atoms with Crippen molar-refractivity contribution < 1.29 is 13.0 Å². The quantitative estimate of drug-likeness (QED) is 0.450. The van der Waals surface area contributed by atoms with Gasteiger partial charge in [0.25, 0.3) is 10.1 Å². The SMILES string of the molecule is NCCCCCCCCCCCc1ccc(S(=O)(=O)O)cc1. The maximum atomic E-state index is 10.9. The van der Waals surface area contributed by atoms with E-state index in [1.165, 1.54) is 57.1 Å². The summed E-state index contributed by atoms with van der Waals surface area (Å²) in [4.78, 5) is -0.0362. The van der Waals surface area contributed by atoms with Crippen LogP contribution in [0.1, 0.15) is 63.4 Å². The van der Waals surface area contributed by atoms with Gasteiger partial charge >= 0.3 is 0 Å². The molecule has 0 bridgehead atoms. The highest BCUT2D eigenvalue weighted by Crippen LogP contribution is 2.14. The largest absolute Gasteiger partial charge is 0.330 e. The zero-order valence-corrected chi connectivity index (χ0v) is 14.2. The highest BCUT2D eigenvalue weighted by atomic mass is 32.2.